The highest BCUT2D eigenvalue weighted by Gasteiger charge is 2.19. The van der Waals surface area contributed by atoms with Crippen LogP contribution in [0, 0.1) is 0 Å². The van der Waals surface area contributed by atoms with Crippen LogP contribution in [0.15, 0.2) is 72.9 Å². The largest absolute Gasteiger partial charge is 0.462 e. The van der Waals surface area contributed by atoms with Crippen molar-refractivity contribution in [1.29, 1.82) is 0 Å². The highest BCUT2D eigenvalue weighted by molar-refractivity contribution is 7.80. The lowest BCUT2D eigenvalue weighted by molar-refractivity contribution is 0.0528. The molecule has 4 rings (SSSR count). The fourth-order valence-electron chi connectivity index (χ4n) is 3.32. The van der Waals surface area contributed by atoms with E-state index in [4.69, 9.17) is 28.6 Å². The maximum absolute atomic E-state index is 12.5. The number of nitrogens with zero attached hydrogens (tertiary/aromatic N) is 2. The lowest BCUT2D eigenvalue weighted by Crippen LogP contribution is -2.20. The molecule has 2 N–H and O–H groups in total. The molecular formula is C25H23ClN4O2S2. The summed E-state index contributed by atoms with van der Waals surface area (Å²) in [4.78, 5) is 13.6. The molecule has 0 aliphatic rings. The number of thiocarbonyl (C=S) groups is 1. The monoisotopic (exact) mass is 510 g/mol. The number of aromatic nitrogens is 2. The van der Waals surface area contributed by atoms with Crippen LogP contribution in [0.4, 0.5) is 10.8 Å². The number of thiophene rings is 1. The summed E-state index contributed by atoms with van der Waals surface area (Å²) in [5.74, 6) is 0.223. The van der Waals surface area contributed by atoms with E-state index >= 15 is 0 Å². The van der Waals surface area contributed by atoms with Crippen LogP contribution in [-0.2, 0) is 17.7 Å². The maximum atomic E-state index is 12.5. The molecule has 0 aliphatic heterocycles. The Labute approximate surface area is 212 Å². The van der Waals surface area contributed by atoms with Gasteiger partial charge in [0.1, 0.15) is 5.00 Å². The Bertz CT molecular complexity index is 1270. The van der Waals surface area contributed by atoms with Crippen LogP contribution in [0.3, 0.4) is 0 Å². The van der Waals surface area contributed by atoms with Gasteiger partial charge >= 0.3 is 5.97 Å². The number of hydrogen-bond donors (Lipinski definition) is 2. The SMILES string of the molecule is CCOC(=O)c1cc(Cc2ccccc2)sc1NC(=S)Nc1ccn(Cc2ccc(Cl)cc2)n1. The Morgan fingerprint density at radius 3 is 2.59 bits per heavy atom. The number of esters is 1. The molecule has 6 nitrogen and oxygen atoms in total. The number of benzene rings is 2. The van der Waals surface area contributed by atoms with E-state index in [-0.39, 0.29) is 5.97 Å². The van der Waals surface area contributed by atoms with E-state index in [1.165, 1.54) is 11.3 Å². The van der Waals surface area contributed by atoms with E-state index in [2.05, 4.69) is 27.9 Å². The molecule has 34 heavy (non-hydrogen) atoms. The quantitative estimate of drug-likeness (QED) is 0.216. The van der Waals surface area contributed by atoms with Crippen LogP contribution in [0.25, 0.3) is 0 Å². The van der Waals surface area contributed by atoms with Crippen LogP contribution < -0.4 is 10.6 Å². The highest BCUT2D eigenvalue weighted by atomic mass is 35.5. The molecule has 2 aromatic heterocycles. The highest BCUT2D eigenvalue weighted by Crippen LogP contribution is 2.31. The topological polar surface area (TPSA) is 68.2 Å². The number of rotatable bonds is 8. The molecule has 0 atom stereocenters. The summed E-state index contributed by atoms with van der Waals surface area (Å²) in [6.07, 6.45) is 2.58. The zero-order valence-electron chi connectivity index (χ0n) is 18.5. The maximum Gasteiger partial charge on any atom is 0.341 e. The summed E-state index contributed by atoms with van der Waals surface area (Å²) in [5, 5.41) is 12.4. The number of halogens is 1. The predicted octanol–water partition coefficient (Wildman–Crippen LogP) is 6.22. The average molecular weight is 511 g/mol. The summed E-state index contributed by atoms with van der Waals surface area (Å²) >= 11 is 12.9. The van der Waals surface area contributed by atoms with Gasteiger partial charge in [-0.1, -0.05) is 54.1 Å². The lowest BCUT2D eigenvalue weighted by Gasteiger charge is -2.09. The Kier molecular flexibility index (Phi) is 7.95. The van der Waals surface area contributed by atoms with E-state index in [0.29, 0.717) is 39.7 Å². The minimum atomic E-state index is -0.379. The van der Waals surface area contributed by atoms with Gasteiger partial charge in [-0.3, -0.25) is 4.68 Å². The van der Waals surface area contributed by atoms with Crippen molar-refractivity contribution in [1.82, 2.24) is 9.78 Å². The third kappa shape index (κ3) is 6.44. The van der Waals surface area contributed by atoms with Crippen molar-refractivity contribution in [3.63, 3.8) is 0 Å². The average Bonchev–Trinajstić information content (AvgIpc) is 3.42. The van der Waals surface area contributed by atoms with Crippen LogP contribution in [-0.4, -0.2) is 27.5 Å². The van der Waals surface area contributed by atoms with Crippen LogP contribution in [0.1, 0.15) is 33.3 Å². The lowest BCUT2D eigenvalue weighted by atomic mass is 10.1. The van der Waals surface area contributed by atoms with Crippen LogP contribution in [0.5, 0.6) is 0 Å². The molecule has 4 aromatic rings. The minimum Gasteiger partial charge on any atom is -0.462 e. The Morgan fingerprint density at radius 1 is 1.09 bits per heavy atom. The molecule has 0 spiro atoms. The Morgan fingerprint density at radius 2 is 1.85 bits per heavy atom. The smallest absolute Gasteiger partial charge is 0.341 e. The van der Waals surface area contributed by atoms with Gasteiger partial charge < -0.3 is 15.4 Å². The summed E-state index contributed by atoms with van der Waals surface area (Å²) < 4.78 is 7.05. The number of ether oxygens (including phenoxy) is 1. The standard InChI is InChI=1S/C25H23ClN4O2S2/c1-2-32-24(31)21-15-20(14-17-6-4-3-5-7-17)34-23(21)28-25(33)27-22-12-13-30(29-22)16-18-8-10-19(26)11-9-18/h3-13,15H,2,14,16H2,1H3,(H2,27,28,29,33). The van der Waals surface area contributed by atoms with Gasteiger partial charge in [-0.15, -0.1) is 11.3 Å². The van der Waals surface area contributed by atoms with Crippen molar-refractivity contribution >= 4 is 57.1 Å². The summed E-state index contributed by atoms with van der Waals surface area (Å²) in [6, 6.07) is 21.4. The molecule has 9 heteroatoms. The van der Waals surface area contributed by atoms with Crippen molar-refractivity contribution in [2.24, 2.45) is 0 Å². The minimum absolute atomic E-state index is 0.301. The van der Waals surface area contributed by atoms with E-state index in [1.54, 1.807) is 11.6 Å². The van der Waals surface area contributed by atoms with E-state index in [9.17, 15) is 4.79 Å². The normalized spacial score (nSPS) is 10.6. The summed E-state index contributed by atoms with van der Waals surface area (Å²) in [7, 11) is 0. The third-order valence-corrected chi connectivity index (χ3v) is 6.37. The molecule has 2 heterocycles. The summed E-state index contributed by atoms with van der Waals surface area (Å²) in [6.45, 7) is 2.70. The first-order chi connectivity index (χ1) is 16.5. The van der Waals surface area contributed by atoms with Gasteiger partial charge in [0.05, 0.1) is 18.7 Å². The third-order valence-electron chi connectivity index (χ3n) is 4.87. The van der Waals surface area contributed by atoms with Crippen LogP contribution >= 0.6 is 35.2 Å². The molecule has 0 saturated carbocycles. The van der Waals surface area contributed by atoms with Crippen molar-refractivity contribution < 1.29 is 9.53 Å². The van der Waals surface area contributed by atoms with Gasteiger partial charge in [-0.2, -0.15) is 5.10 Å². The number of anilines is 2. The fraction of sp³-hybridized carbons (Fsp3) is 0.160. The molecule has 2 aromatic carbocycles. The van der Waals surface area contributed by atoms with E-state index in [0.717, 1.165) is 22.4 Å². The molecule has 0 amide bonds. The van der Waals surface area contributed by atoms with E-state index < -0.39 is 0 Å². The van der Waals surface area contributed by atoms with Gasteiger partial charge in [0, 0.05) is 28.6 Å². The second-order valence-electron chi connectivity index (χ2n) is 7.44. The first-order valence-electron chi connectivity index (χ1n) is 10.7. The van der Waals surface area contributed by atoms with Crippen LogP contribution in [0.2, 0.25) is 5.02 Å². The Balaban J connectivity index is 1.43. The number of carbonyl (C=O) groups is 1. The molecule has 0 unspecified atom stereocenters. The zero-order valence-corrected chi connectivity index (χ0v) is 20.8. The molecule has 0 bridgehead atoms. The molecule has 0 saturated heterocycles. The first kappa shape index (κ1) is 23.9. The fourth-order valence-corrected chi connectivity index (χ4v) is 4.80. The second-order valence-corrected chi connectivity index (χ2v) is 9.42. The second kappa shape index (κ2) is 11.3. The Hall–Kier alpha value is -3.20. The number of hydrogen-bond acceptors (Lipinski definition) is 5. The van der Waals surface area contributed by atoms with E-state index in [1.807, 2.05) is 60.8 Å². The molecular weight excluding hydrogens is 488 g/mol. The molecule has 0 aliphatic carbocycles. The van der Waals surface area contributed by atoms with Gasteiger partial charge in [0.15, 0.2) is 10.9 Å². The van der Waals surface area contributed by atoms with Gasteiger partial charge in [0.2, 0.25) is 0 Å². The van der Waals surface area contributed by atoms with Crippen molar-refractivity contribution in [3.05, 3.63) is 99.5 Å². The molecule has 0 radical (unpaired) electrons. The molecule has 0 fully saturated rings. The number of nitrogens with one attached hydrogen (secondary N) is 2. The van der Waals surface area contributed by atoms with Gasteiger partial charge in [0.25, 0.3) is 0 Å². The first-order valence-corrected chi connectivity index (χ1v) is 12.3. The van der Waals surface area contributed by atoms with Crippen molar-refractivity contribution in [2.45, 2.75) is 19.9 Å². The van der Waals surface area contributed by atoms with Crippen molar-refractivity contribution in [2.75, 3.05) is 17.2 Å². The zero-order chi connectivity index (χ0) is 23.9. The van der Waals surface area contributed by atoms with Gasteiger partial charge in [-0.05, 0) is 48.5 Å². The van der Waals surface area contributed by atoms with Gasteiger partial charge in [-0.25, -0.2) is 4.79 Å². The van der Waals surface area contributed by atoms with Crippen molar-refractivity contribution in [3.8, 4) is 0 Å². The number of carbonyl (C=O) groups excluding carboxylic acids is 1. The summed E-state index contributed by atoms with van der Waals surface area (Å²) in [5.41, 5.74) is 2.72. The predicted molar refractivity (Wildman–Crippen MR) is 142 cm³/mol. The molecule has 174 valence electrons.